The second-order valence-electron chi connectivity index (χ2n) is 4.60. The van der Waals surface area contributed by atoms with Gasteiger partial charge in [0.2, 0.25) is 0 Å². The highest BCUT2D eigenvalue weighted by molar-refractivity contribution is 7.10. The summed E-state index contributed by atoms with van der Waals surface area (Å²) in [5, 5.41) is 12.4. The van der Waals surface area contributed by atoms with E-state index in [2.05, 4.69) is 19.1 Å². The maximum Gasteiger partial charge on any atom is 0.129 e. The fourth-order valence-electron chi connectivity index (χ4n) is 2.35. The summed E-state index contributed by atoms with van der Waals surface area (Å²) in [7, 11) is 1.64. The smallest absolute Gasteiger partial charge is 0.129 e. The van der Waals surface area contributed by atoms with Crippen LogP contribution in [0, 0.1) is 20.8 Å². The van der Waals surface area contributed by atoms with Gasteiger partial charge in [-0.3, -0.25) is 0 Å². The molecule has 1 heterocycles. The Hall–Kier alpha value is -1.32. The maximum atomic E-state index is 10.5. The van der Waals surface area contributed by atoms with Crippen LogP contribution in [0.15, 0.2) is 23.6 Å². The van der Waals surface area contributed by atoms with Gasteiger partial charge in [0.15, 0.2) is 0 Å². The molecule has 2 rings (SSSR count). The van der Waals surface area contributed by atoms with E-state index in [4.69, 9.17) is 4.74 Å². The number of methoxy groups -OCH3 is 1. The first-order valence-corrected chi connectivity index (χ1v) is 6.79. The molecule has 1 aromatic carbocycles. The van der Waals surface area contributed by atoms with Gasteiger partial charge in [0.1, 0.15) is 11.9 Å². The Morgan fingerprint density at radius 2 is 1.72 bits per heavy atom. The number of benzene rings is 1. The topological polar surface area (TPSA) is 29.5 Å². The minimum absolute atomic E-state index is 0.570. The van der Waals surface area contributed by atoms with Crippen molar-refractivity contribution in [2.75, 3.05) is 7.11 Å². The van der Waals surface area contributed by atoms with E-state index in [0.717, 1.165) is 27.3 Å². The summed E-state index contributed by atoms with van der Waals surface area (Å²) in [4.78, 5) is 0.918. The van der Waals surface area contributed by atoms with Gasteiger partial charge in [-0.05, 0) is 43.5 Å². The molecular formula is C15H18O2S. The minimum Gasteiger partial charge on any atom is -0.496 e. The highest BCUT2D eigenvalue weighted by Gasteiger charge is 2.17. The van der Waals surface area contributed by atoms with Gasteiger partial charge in [0, 0.05) is 10.3 Å². The summed E-state index contributed by atoms with van der Waals surface area (Å²) in [6.07, 6.45) is -0.570. The van der Waals surface area contributed by atoms with Crippen molar-refractivity contribution in [3.8, 4) is 5.75 Å². The Morgan fingerprint density at radius 1 is 1.11 bits per heavy atom. The van der Waals surface area contributed by atoms with Crippen molar-refractivity contribution in [1.82, 2.24) is 0 Å². The zero-order chi connectivity index (χ0) is 13.3. The zero-order valence-electron chi connectivity index (χ0n) is 11.2. The summed E-state index contributed by atoms with van der Waals surface area (Å²) in [6, 6.07) is 6.11. The van der Waals surface area contributed by atoms with E-state index in [1.807, 2.05) is 25.3 Å². The molecule has 2 aromatic rings. The van der Waals surface area contributed by atoms with E-state index >= 15 is 0 Å². The Morgan fingerprint density at radius 3 is 2.22 bits per heavy atom. The third-order valence-corrected chi connectivity index (χ3v) is 4.08. The van der Waals surface area contributed by atoms with Crippen LogP contribution in [0.25, 0.3) is 0 Å². The molecule has 1 N–H and O–H groups in total. The number of aliphatic hydroxyl groups is 1. The normalized spacial score (nSPS) is 12.5. The van der Waals surface area contributed by atoms with Crippen molar-refractivity contribution in [2.45, 2.75) is 26.9 Å². The van der Waals surface area contributed by atoms with Crippen molar-refractivity contribution >= 4 is 11.3 Å². The first-order valence-electron chi connectivity index (χ1n) is 5.91. The van der Waals surface area contributed by atoms with Gasteiger partial charge in [-0.2, -0.15) is 0 Å². The van der Waals surface area contributed by atoms with Crippen LogP contribution >= 0.6 is 11.3 Å². The molecule has 96 valence electrons. The van der Waals surface area contributed by atoms with E-state index in [-0.39, 0.29) is 0 Å². The predicted octanol–water partition coefficient (Wildman–Crippen LogP) is 3.76. The summed E-state index contributed by atoms with van der Waals surface area (Å²) >= 11 is 1.52. The lowest BCUT2D eigenvalue weighted by Gasteiger charge is -2.16. The third kappa shape index (κ3) is 2.42. The molecule has 0 fully saturated rings. The van der Waals surface area contributed by atoms with Gasteiger partial charge >= 0.3 is 0 Å². The highest BCUT2D eigenvalue weighted by Crippen LogP contribution is 2.34. The molecule has 0 radical (unpaired) electrons. The second kappa shape index (κ2) is 5.12. The predicted molar refractivity (Wildman–Crippen MR) is 75.6 cm³/mol. The van der Waals surface area contributed by atoms with Gasteiger partial charge in [0.05, 0.1) is 7.11 Å². The zero-order valence-corrected chi connectivity index (χ0v) is 12.0. The molecule has 1 unspecified atom stereocenters. The highest BCUT2D eigenvalue weighted by atomic mass is 32.1. The second-order valence-corrected chi connectivity index (χ2v) is 5.55. The Bertz CT molecular complexity index is 534. The number of hydrogen-bond donors (Lipinski definition) is 1. The van der Waals surface area contributed by atoms with Crippen LogP contribution < -0.4 is 4.74 Å². The molecule has 18 heavy (non-hydrogen) atoms. The van der Waals surface area contributed by atoms with Crippen LogP contribution in [-0.4, -0.2) is 12.2 Å². The number of ether oxygens (including phenoxy) is 1. The van der Waals surface area contributed by atoms with Crippen molar-refractivity contribution in [3.05, 3.63) is 50.7 Å². The molecule has 2 nitrogen and oxygen atoms in total. The van der Waals surface area contributed by atoms with Crippen molar-refractivity contribution in [3.63, 3.8) is 0 Å². The van der Waals surface area contributed by atoms with Gasteiger partial charge in [-0.25, -0.2) is 0 Å². The van der Waals surface area contributed by atoms with Gasteiger partial charge in [-0.1, -0.05) is 17.7 Å². The maximum absolute atomic E-state index is 10.5. The Labute approximate surface area is 112 Å². The Balaban J connectivity index is 2.42. The number of thiophene rings is 1. The third-order valence-electron chi connectivity index (χ3n) is 3.11. The van der Waals surface area contributed by atoms with E-state index in [0.29, 0.717) is 0 Å². The summed E-state index contributed by atoms with van der Waals surface area (Å²) in [5.74, 6) is 0.802. The monoisotopic (exact) mass is 262 g/mol. The van der Waals surface area contributed by atoms with Crippen molar-refractivity contribution in [1.29, 1.82) is 0 Å². The summed E-state index contributed by atoms with van der Waals surface area (Å²) in [6.45, 7) is 6.16. The average molecular weight is 262 g/mol. The molecule has 0 aliphatic carbocycles. The molecule has 0 saturated carbocycles. The lowest BCUT2D eigenvalue weighted by Crippen LogP contribution is -2.03. The molecule has 0 saturated heterocycles. The van der Waals surface area contributed by atoms with Crippen LogP contribution in [-0.2, 0) is 0 Å². The average Bonchev–Trinajstić information content (AvgIpc) is 2.75. The molecule has 0 aliphatic rings. The van der Waals surface area contributed by atoms with E-state index in [9.17, 15) is 5.11 Å². The first-order chi connectivity index (χ1) is 8.52. The summed E-state index contributed by atoms with van der Waals surface area (Å²) in [5.41, 5.74) is 4.49. The fourth-order valence-corrected chi connectivity index (χ4v) is 3.20. The molecule has 1 atom stereocenters. The molecule has 1 aromatic heterocycles. The van der Waals surface area contributed by atoms with E-state index < -0.39 is 6.10 Å². The van der Waals surface area contributed by atoms with Crippen LogP contribution in [0.5, 0.6) is 5.75 Å². The number of aliphatic hydroxyl groups excluding tert-OH is 1. The molecule has 3 heteroatoms. The Kier molecular flexibility index (Phi) is 3.73. The number of hydrogen-bond acceptors (Lipinski definition) is 3. The van der Waals surface area contributed by atoms with Crippen LogP contribution in [0.3, 0.4) is 0 Å². The molecule has 0 spiro atoms. The fraction of sp³-hybridized carbons (Fsp3) is 0.333. The van der Waals surface area contributed by atoms with Crippen molar-refractivity contribution in [2.24, 2.45) is 0 Å². The van der Waals surface area contributed by atoms with Gasteiger partial charge in [-0.15, -0.1) is 11.3 Å². The van der Waals surface area contributed by atoms with E-state index in [1.54, 1.807) is 7.11 Å². The lowest BCUT2D eigenvalue weighted by atomic mass is 9.95. The van der Waals surface area contributed by atoms with Crippen LogP contribution in [0.1, 0.15) is 33.2 Å². The first kappa shape index (κ1) is 13.1. The lowest BCUT2D eigenvalue weighted by molar-refractivity contribution is 0.222. The number of rotatable bonds is 3. The minimum atomic E-state index is -0.570. The standard InChI is InChI=1S/C15H18O2S/c1-9-5-10(2)14(11(3)6-9)15(16)13-7-12(17-4)8-18-13/h5-8,15-16H,1-4H3. The molecule has 0 amide bonds. The molecule has 0 bridgehead atoms. The van der Waals surface area contributed by atoms with Crippen LogP contribution in [0.2, 0.25) is 0 Å². The van der Waals surface area contributed by atoms with Gasteiger partial charge < -0.3 is 9.84 Å². The van der Waals surface area contributed by atoms with Crippen molar-refractivity contribution < 1.29 is 9.84 Å². The van der Waals surface area contributed by atoms with Gasteiger partial charge in [0.25, 0.3) is 0 Å². The largest absolute Gasteiger partial charge is 0.496 e. The number of aryl methyl sites for hydroxylation is 3. The quantitative estimate of drug-likeness (QED) is 0.912. The van der Waals surface area contributed by atoms with E-state index in [1.165, 1.54) is 16.9 Å². The molecule has 0 aliphatic heterocycles. The van der Waals surface area contributed by atoms with Crippen LogP contribution in [0.4, 0.5) is 0 Å². The molecular weight excluding hydrogens is 244 g/mol. The summed E-state index contributed by atoms with van der Waals surface area (Å²) < 4.78 is 5.16. The SMILES string of the molecule is COc1csc(C(O)c2c(C)cc(C)cc2C)c1.